The smallest absolute Gasteiger partial charge is 0.416 e. The SMILES string of the molecule is O=C(O)CCCCCCC1C(=O)CC(O)C1C=Cc1cc(C(F)(F)F)ccc1F. The molecule has 29 heavy (non-hydrogen) atoms. The van der Waals surface area contributed by atoms with E-state index in [0.717, 1.165) is 12.5 Å². The van der Waals surface area contributed by atoms with E-state index >= 15 is 0 Å². The fourth-order valence-electron chi connectivity index (χ4n) is 3.65. The zero-order valence-electron chi connectivity index (χ0n) is 15.8. The molecular formula is C21H24F4O4. The van der Waals surface area contributed by atoms with E-state index in [1.165, 1.54) is 12.2 Å². The van der Waals surface area contributed by atoms with E-state index in [-0.39, 0.29) is 24.2 Å². The number of rotatable bonds is 9. The van der Waals surface area contributed by atoms with E-state index in [1.54, 1.807) is 0 Å². The van der Waals surface area contributed by atoms with Crippen LogP contribution in [0.25, 0.3) is 6.08 Å². The number of carbonyl (C=O) groups excluding carboxylic acids is 1. The fraction of sp³-hybridized carbons (Fsp3) is 0.524. The molecule has 1 aliphatic rings. The summed E-state index contributed by atoms with van der Waals surface area (Å²) in [5, 5.41) is 18.8. The zero-order chi connectivity index (χ0) is 21.6. The molecule has 0 bridgehead atoms. The Morgan fingerprint density at radius 1 is 1.17 bits per heavy atom. The highest BCUT2D eigenvalue weighted by molar-refractivity contribution is 5.85. The largest absolute Gasteiger partial charge is 0.481 e. The van der Waals surface area contributed by atoms with E-state index in [2.05, 4.69) is 0 Å². The summed E-state index contributed by atoms with van der Waals surface area (Å²) < 4.78 is 52.4. The van der Waals surface area contributed by atoms with Gasteiger partial charge in [-0.1, -0.05) is 31.4 Å². The summed E-state index contributed by atoms with van der Waals surface area (Å²) >= 11 is 0. The first-order valence-electron chi connectivity index (χ1n) is 9.57. The molecule has 0 amide bonds. The Hall–Kier alpha value is -2.22. The summed E-state index contributed by atoms with van der Waals surface area (Å²) in [6.07, 6.45) is 0.284. The first-order chi connectivity index (χ1) is 13.6. The Bertz CT molecular complexity index is 758. The van der Waals surface area contributed by atoms with Gasteiger partial charge in [-0.25, -0.2) is 4.39 Å². The van der Waals surface area contributed by atoms with Crippen molar-refractivity contribution < 1.29 is 37.4 Å². The third-order valence-electron chi connectivity index (χ3n) is 5.21. The highest BCUT2D eigenvalue weighted by Crippen LogP contribution is 2.35. The van der Waals surface area contributed by atoms with Gasteiger partial charge in [-0.05, 0) is 31.0 Å². The average molecular weight is 416 g/mol. The number of halogens is 4. The van der Waals surface area contributed by atoms with Crippen LogP contribution in [0.5, 0.6) is 0 Å². The summed E-state index contributed by atoms with van der Waals surface area (Å²) in [6, 6.07) is 2.10. The lowest BCUT2D eigenvalue weighted by Gasteiger charge is -2.17. The predicted octanol–water partition coefficient (Wildman–Crippen LogP) is 4.85. The average Bonchev–Trinajstić information content (AvgIpc) is 2.89. The van der Waals surface area contributed by atoms with Crippen LogP contribution in [0.1, 0.15) is 56.1 Å². The Kier molecular flexibility index (Phi) is 7.96. The van der Waals surface area contributed by atoms with Crippen molar-refractivity contribution in [2.24, 2.45) is 11.8 Å². The molecule has 4 nitrogen and oxygen atoms in total. The molecule has 1 aromatic rings. The number of alkyl halides is 3. The molecule has 3 atom stereocenters. The minimum Gasteiger partial charge on any atom is -0.481 e. The number of ketones is 1. The molecule has 3 unspecified atom stereocenters. The van der Waals surface area contributed by atoms with Gasteiger partial charge in [-0.3, -0.25) is 9.59 Å². The van der Waals surface area contributed by atoms with Crippen molar-refractivity contribution in [1.29, 1.82) is 0 Å². The second-order valence-electron chi connectivity index (χ2n) is 7.36. The molecule has 0 saturated heterocycles. The minimum atomic E-state index is -4.59. The van der Waals surface area contributed by atoms with Crippen LogP contribution in [0.3, 0.4) is 0 Å². The van der Waals surface area contributed by atoms with E-state index in [9.17, 15) is 32.3 Å². The van der Waals surface area contributed by atoms with E-state index in [4.69, 9.17) is 5.11 Å². The number of carbonyl (C=O) groups is 2. The summed E-state index contributed by atoms with van der Waals surface area (Å²) in [5.74, 6) is -2.86. The van der Waals surface area contributed by atoms with Crippen molar-refractivity contribution in [1.82, 2.24) is 0 Å². The number of aliphatic hydroxyl groups excluding tert-OH is 1. The summed E-state index contributed by atoms with van der Waals surface area (Å²) in [5.41, 5.74) is -1.22. The normalized spacial score (nSPS) is 22.5. The van der Waals surface area contributed by atoms with Crippen LogP contribution >= 0.6 is 0 Å². The fourth-order valence-corrected chi connectivity index (χ4v) is 3.65. The number of hydrogen-bond acceptors (Lipinski definition) is 3. The quantitative estimate of drug-likeness (QED) is 0.446. The summed E-state index contributed by atoms with van der Waals surface area (Å²) in [4.78, 5) is 22.7. The lowest BCUT2D eigenvalue weighted by Crippen LogP contribution is -2.18. The first-order valence-corrected chi connectivity index (χ1v) is 9.57. The number of carboxylic acid groups (broad SMARTS) is 1. The van der Waals surface area contributed by atoms with Gasteiger partial charge in [0.2, 0.25) is 0 Å². The molecule has 160 valence electrons. The summed E-state index contributed by atoms with van der Waals surface area (Å²) in [7, 11) is 0. The van der Waals surface area contributed by atoms with Crippen LogP contribution < -0.4 is 0 Å². The van der Waals surface area contributed by atoms with Crippen LogP contribution in [0.2, 0.25) is 0 Å². The lowest BCUT2D eigenvalue weighted by atomic mass is 9.88. The number of aliphatic hydroxyl groups is 1. The van der Waals surface area contributed by atoms with Gasteiger partial charge in [-0.15, -0.1) is 0 Å². The maximum atomic E-state index is 13.9. The monoisotopic (exact) mass is 416 g/mol. The zero-order valence-corrected chi connectivity index (χ0v) is 15.8. The maximum absolute atomic E-state index is 13.9. The third kappa shape index (κ3) is 6.66. The van der Waals surface area contributed by atoms with Gasteiger partial charge < -0.3 is 10.2 Å². The van der Waals surface area contributed by atoms with Gasteiger partial charge in [0.05, 0.1) is 11.7 Å². The van der Waals surface area contributed by atoms with Crippen molar-refractivity contribution in [2.75, 3.05) is 0 Å². The molecule has 8 heteroatoms. The molecule has 1 saturated carbocycles. The molecule has 0 aromatic heterocycles. The summed E-state index contributed by atoms with van der Waals surface area (Å²) in [6.45, 7) is 0. The first kappa shape index (κ1) is 23.1. The highest BCUT2D eigenvalue weighted by Gasteiger charge is 2.39. The van der Waals surface area contributed by atoms with Gasteiger partial charge in [0, 0.05) is 30.2 Å². The molecule has 2 N–H and O–H groups in total. The van der Waals surface area contributed by atoms with E-state index in [1.807, 2.05) is 0 Å². The maximum Gasteiger partial charge on any atom is 0.416 e. The molecule has 1 fully saturated rings. The van der Waals surface area contributed by atoms with Gasteiger partial charge >= 0.3 is 12.1 Å². The molecule has 0 heterocycles. The van der Waals surface area contributed by atoms with Gasteiger partial charge in [0.1, 0.15) is 11.6 Å². The van der Waals surface area contributed by atoms with Gasteiger partial charge in [-0.2, -0.15) is 13.2 Å². The topological polar surface area (TPSA) is 74.6 Å². The Morgan fingerprint density at radius 2 is 1.86 bits per heavy atom. The van der Waals surface area contributed by atoms with Crippen molar-refractivity contribution in [3.63, 3.8) is 0 Å². The molecule has 0 radical (unpaired) electrons. The highest BCUT2D eigenvalue weighted by atomic mass is 19.4. The molecule has 1 aliphatic carbocycles. The minimum absolute atomic E-state index is 0.0379. The molecule has 0 spiro atoms. The molecule has 0 aliphatic heterocycles. The van der Waals surface area contributed by atoms with Crippen LogP contribution in [0.4, 0.5) is 17.6 Å². The van der Waals surface area contributed by atoms with Crippen molar-refractivity contribution in [3.8, 4) is 0 Å². The van der Waals surface area contributed by atoms with Gasteiger partial charge in [0.25, 0.3) is 0 Å². The Labute approximate surface area is 166 Å². The standard InChI is InChI=1S/C21H24F4O4/c22-17-10-8-14(21(23,24)25)11-13(17)7-9-16-15(18(26)12-19(16)27)5-3-1-2-4-6-20(28)29/h7-11,15-16,19,27H,1-6,12H2,(H,28,29). The van der Waals surface area contributed by atoms with Crippen molar-refractivity contribution >= 4 is 17.8 Å². The number of aliphatic carboxylic acids is 1. The van der Waals surface area contributed by atoms with Crippen LogP contribution in [0, 0.1) is 17.7 Å². The lowest BCUT2D eigenvalue weighted by molar-refractivity contribution is -0.138. The number of Topliss-reactive ketones (excluding diaryl/α,β-unsaturated/α-hetero) is 1. The number of hydrogen-bond donors (Lipinski definition) is 2. The van der Waals surface area contributed by atoms with Crippen LogP contribution in [-0.4, -0.2) is 28.1 Å². The molecule has 2 rings (SSSR count). The molecule has 1 aromatic carbocycles. The van der Waals surface area contributed by atoms with Crippen molar-refractivity contribution in [2.45, 2.75) is 57.2 Å². The van der Waals surface area contributed by atoms with E-state index < -0.39 is 41.5 Å². The van der Waals surface area contributed by atoms with Crippen LogP contribution in [0.15, 0.2) is 24.3 Å². The van der Waals surface area contributed by atoms with E-state index in [0.29, 0.717) is 37.8 Å². The third-order valence-corrected chi connectivity index (χ3v) is 5.21. The van der Waals surface area contributed by atoms with Crippen LogP contribution in [-0.2, 0) is 15.8 Å². The second kappa shape index (κ2) is 10.0. The number of benzene rings is 1. The Morgan fingerprint density at radius 3 is 2.52 bits per heavy atom. The second-order valence-corrected chi connectivity index (χ2v) is 7.36. The van der Waals surface area contributed by atoms with Crippen molar-refractivity contribution in [3.05, 3.63) is 41.2 Å². The molecular weight excluding hydrogens is 392 g/mol. The number of unbranched alkanes of at least 4 members (excludes halogenated alkanes) is 3. The predicted molar refractivity (Wildman–Crippen MR) is 98.4 cm³/mol. The Balaban J connectivity index is 2.02. The van der Waals surface area contributed by atoms with Gasteiger partial charge in [0.15, 0.2) is 0 Å². The number of carboxylic acids is 1.